The molecule has 0 saturated carbocycles. The van der Waals surface area contributed by atoms with Crippen LogP contribution in [0.1, 0.15) is 5.69 Å². The Kier molecular flexibility index (Phi) is 3.14. The number of hydrogen-bond donors (Lipinski definition) is 0. The molecule has 3 rings (SSSR count). The third kappa shape index (κ3) is 2.63. The van der Waals surface area contributed by atoms with Crippen molar-refractivity contribution in [2.24, 2.45) is 0 Å². The monoisotopic (exact) mass is 287 g/mol. The summed E-state index contributed by atoms with van der Waals surface area (Å²) in [4.78, 5) is 26.5. The van der Waals surface area contributed by atoms with Gasteiger partial charge in [-0.25, -0.2) is 9.50 Å². The summed E-state index contributed by atoms with van der Waals surface area (Å²) >= 11 is 0. The topological polar surface area (TPSA) is 93.4 Å². The van der Waals surface area contributed by atoms with E-state index in [1.807, 2.05) is 30.3 Å². The SMILES string of the molecule is O=P([O-])([O-])Cc1cc(-c2ccccc2)nc2ccnn12. The van der Waals surface area contributed by atoms with Gasteiger partial charge in [0.1, 0.15) is 0 Å². The average molecular weight is 287 g/mol. The first-order chi connectivity index (χ1) is 9.53. The summed E-state index contributed by atoms with van der Waals surface area (Å²) in [6.07, 6.45) is 0.925. The van der Waals surface area contributed by atoms with E-state index >= 15 is 0 Å². The summed E-state index contributed by atoms with van der Waals surface area (Å²) in [7, 11) is -4.67. The number of fused-ring (bicyclic) bond motifs is 1. The Morgan fingerprint density at radius 2 is 1.90 bits per heavy atom. The van der Waals surface area contributed by atoms with Gasteiger partial charge in [0.15, 0.2) is 5.65 Å². The van der Waals surface area contributed by atoms with Crippen molar-refractivity contribution in [2.45, 2.75) is 6.16 Å². The fourth-order valence-corrected chi connectivity index (χ4v) is 2.67. The van der Waals surface area contributed by atoms with Crippen molar-refractivity contribution in [3.63, 3.8) is 0 Å². The average Bonchev–Trinajstić information content (AvgIpc) is 2.86. The minimum atomic E-state index is -4.67. The van der Waals surface area contributed by atoms with Gasteiger partial charge in [-0.3, -0.25) is 0 Å². The molecule has 0 fully saturated rings. The number of benzene rings is 1. The minimum absolute atomic E-state index is 0.312. The lowest BCUT2D eigenvalue weighted by Crippen LogP contribution is -2.17. The van der Waals surface area contributed by atoms with E-state index in [1.54, 1.807) is 12.1 Å². The van der Waals surface area contributed by atoms with E-state index in [4.69, 9.17) is 0 Å². The Balaban J connectivity index is 2.18. The fraction of sp³-hybridized carbons (Fsp3) is 0.0769. The summed E-state index contributed by atoms with van der Waals surface area (Å²) in [5, 5.41) is 3.99. The molecular formula is C13H10N3O3P-2. The molecule has 0 aliphatic carbocycles. The Morgan fingerprint density at radius 3 is 2.60 bits per heavy atom. The van der Waals surface area contributed by atoms with Gasteiger partial charge in [-0.15, -0.1) is 0 Å². The highest BCUT2D eigenvalue weighted by molar-refractivity contribution is 7.47. The third-order valence-electron chi connectivity index (χ3n) is 2.86. The Morgan fingerprint density at radius 1 is 1.15 bits per heavy atom. The summed E-state index contributed by atoms with van der Waals surface area (Å²) in [5.74, 6) is 0. The number of aromatic nitrogens is 3. The van der Waals surface area contributed by atoms with Crippen molar-refractivity contribution in [3.8, 4) is 11.3 Å². The molecule has 0 radical (unpaired) electrons. The zero-order chi connectivity index (χ0) is 14.2. The highest BCUT2D eigenvalue weighted by Gasteiger charge is 2.09. The largest absolute Gasteiger partial charge is 0.810 e. The molecule has 2 heterocycles. The van der Waals surface area contributed by atoms with E-state index in [2.05, 4.69) is 10.1 Å². The second-order valence-corrected chi connectivity index (χ2v) is 5.91. The van der Waals surface area contributed by atoms with Crippen LogP contribution in [0.3, 0.4) is 0 Å². The summed E-state index contributed by atoms with van der Waals surface area (Å²) in [6, 6.07) is 12.6. The van der Waals surface area contributed by atoms with E-state index in [1.165, 1.54) is 10.7 Å². The second kappa shape index (κ2) is 4.83. The van der Waals surface area contributed by atoms with Crippen LogP contribution in [-0.4, -0.2) is 14.6 Å². The zero-order valence-electron chi connectivity index (χ0n) is 10.3. The molecule has 102 valence electrons. The molecule has 2 aromatic heterocycles. The lowest BCUT2D eigenvalue weighted by atomic mass is 10.1. The Bertz CT molecular complexity index is 795. The first-order valence-electron chi connectivity index (χ1n) is 5.93. The van der Waals surface area contributed by atoms with Crippen molar-refractivity contribution in [3.05, 3.63) is 54.4 Å². The molecule has 0 spiro atoms. The molecule has 0 saturated heterocycles. The highest BCUT2D eigenvalue weighted by Crippen LogP contribution is 2.31. The van der Waals surface area contributed by atoms with Crippen molar-refractivity contribution in [1.29, 1.82) is 0 Å². The first kappa shape index (κ1) is 13.0. The van der Waals surface area contributed by atoms with Gasteiger partial charge in [0.05, 0.1) is 17.6 Å². The molecule has 0 N–H and O–H groups in total. The maximum atomic E-state index is 11.0. The normalized spacial score (nSPS) is 11.9. The molecule has 0 amide bonds. The lowest BCUT2D eigenvalue weighted by molar-refractivity contribution is -0.314. The van der Waals surface area contributed by atoms with Gasteiger partial charge >= 0.3 is 0 Å². The summed E-state index contributed by atoms with van der Waals surface area (Å²) < 4.78 is 12.4. The third-order valence-corrected chi connectivity index (χ3v) is 3.57. The molecule has 0 bridgehead atoms. The molecule has 3 aromatic rings. The fourth-order valence-electron chi connectivity index (χ4n) is 2.04. The van der Waals surface area contributed by atoms with Crippen LogP contribution in [0.5, 0.6) is 0 Å². The highest BCUT2D eigenvalue weighted by atomic mass is 31.2. The number of rotatable bonds is 3. The molecule has 0 aliphatic rings. The van der Waals surface area contributed by atoms with Crippen molar-refractivity contribution >= 4 is 13.2 Å². The van der Waals surface area contributed by atoms with E-state index in [9.17, 15) is 14.4 Å². The van der Waals surface area contributed by atoms with Crippen LogP contribution in [0.25, 0.3) is 16.9 Å². The van der Waals surface area contributed by atoms with Gasteiger partial charge in [0, 0.05) is 17.8 Å². The maximum Gasteiger partial charge on any atom is 0.155 e. The molecule has 7 heteroatoms. The lowest BCUT2D eigenvalue weighted by Gasteiger charge is -2.29. The predicted molar refractivity (Wildman–Crippen MR) is 69.7 cm³/mol. The standard InChI is InChI=1S/C13H12N3O3P/c17-20(18,19)9-11-8-12(10-4-2-1-3-5-10)15-13-6-7-14-16(11)13/h1-8H,9H2,(H2,17,18,19)/p-2. The van der Waals surface area contributed by atoms with Crippen LogP contribution < -0.4 is 9.79 Å². The number of hydrogen-bond acceptors (Lipinski definition) is 5. The van der Waals surface area contributed by atoms with Crippen LogP contribution in [0.15, 0.2) is 48.7 Å². The van der Waals surface area contributed by atoms with Gasteiger partial charge in [0.2, 0.25) is 0 Å². The Labute approximate surface area is 114 Å². The maximum absolute atomic E-state index is 11.0. The second-order valence-electron chi connectivity index (χ2n) is 4.37. The van der Waals surface area contributed by atoms with Crippen molar-refractivity contribution in [2.75, 3.05) is 0 Å². The van der Waals surface area contributed by atoms with Crippen LogP contribution in [0.2, 0.25) is 0 Å². The molecular weight excluding hydrogens is 277 g/mol. The van der Waals surface area contributed by atoms with Crippen LogP contribution >= 0.6 is 7.60 Å². The van der Waals surface area contributed by atoms with E-state index in [0.717, 1.165) is 5.56 Å². The summed E-state index contributed by atoms with van der Waals surface area (Å²) in [6.45, 7) is 0. The van der Waals surface area contributed by atoms with E-state index < -0.39 is 13.8 Å². The Hall–Kier alpha value is -2.01. The predicted octanol–water partition coefficient (Wildman–Crippen LogP) is 0.810. The van der Waals surface area contributed by atoms with Gasteiger partial charge in [-0.05, 0) is 6.07 Å². The van der Waals surface area contributed by atoms with Gasteiger partial charge in [0.25, 0.3) is 0 Å². The zero-order valence-corrected chi connectivity index (χ0v) is 11.2. The van der Waals surface area contributed by atoms with Crippen molar-refractivity contribution in [1.82, 2.24) is 14.6 Å². The molecule has 0 atom stereocenters. The molecule has 0 unspecified atom stereocenters. The quantitative estimate of drug-likeness (QED) is 0.664. The van der Waals surface area contributed by atoms with Crippen LogP contribution in [0, 0.1) is 0 Å². The minimum Gasteiger partial charge on any atom is -0.810 e. The van der Waals surface area contributed by atoms with Gasteiger partial charge < -0.3 is 14.4 Å². The van der Waals surface area contributed by atoms with E-state index in [0.29, 0.717) is 17.0 Å². The first-order valence-corrected chi connectivity index (χ1v) is 7.66. The van der Waals surface area contributed by atoms with E-state index in [-0.39, 0.29) is 0 Å². The van der Waals surface area contributed by atoms with Crippen LogP contribution in [-0.2, 0) is 10.7 Å². The van der Waals surface area contributed by atoms with Crippen molar-refractivity contribution < 1.29 is 14.4 Å². The summed E-state index contributed by atoms with van der Waals surface area (Å²) in [5.41, 5.74) is 2.29. The van der Waals surface area contributed by atoms with Crippen LogP contribution in [0.4, 0.5) is 0 Å². The molecule has 1 aromatic carbocycles. The molecule has 6 nitrogen and oxygen atoms in total. The molecule has 20 heavy (non-hydrogen) atoms. The smallest absolute Gasteiger partial charge is 0.155 e. The number of nitrogens with zero attached hydrogens (tertiary/aromatic N) is 3. The van der Waals surface area contributed by atoms with Gasteiger partial charge in [-0.1, -0.05) is 37.9 Å². The van der Waals surface area contributed by atoms with Gasteiger partial charge in [-0.2, -0.15) is 5.10 Å². The molecule has 0 aliphatic heterocycles.